The van der Waals surface area contributed by atoms with Gasteiger partial charge in [0, 0.05) is 15.6 Å². The lowest BCUT2D eigenvalue weighted by atomic mass is 10.0. The van der Waals surface area contributed by atoms with E-state index in [1.165, 1.54) is 0 Å². The summed E-state index contributed by atoms with van der Waals surface area (Å²) in [7, 11) is 1.65. The number of nitrogens with zero attached hydrogens (tertiary/aromatic N) is 1. The molecule has 3 nitrogen and oxygen atoms in total. The van der Waals surface area contributed by atoms with Gasteiger partial charge in [-0.3, -0.25) is 0 Å². The zero-order chi connectivity index (χ0) is 13.9. The molecule has 1 aromatic heterocycles. The van der Waals surface area contributed by atoms with Crippen molar-refractivity contribution in [2.24, 2.45) is 0 Å². The number of rotatable bonds is 3. The molecule has 4 heteroatoms. The van der Waals surface area contributed by atoms with Gasteiger partial charge in [-0.25, -0.2) is 0 Å². The molecule has 0 bridgehead atoms. The largest absolute Gasteiger partial charge is 0.497 e. The first-order valence-electron chi connectivity index (χ1n) is 6.13. The van der Waals surface area contributed by atoms with Crippen LogP contribution in [0.2, 0.25) is 0 Å². The second kappa shape index (κ2) is 5.51. The Bertz CT molecular complexity index is 702. The topological polar surface area (TPSA) is 35.3 Å². The number of methoxy groups -OCH3 is 1. The van der Waals surface area contributed by atoms with E-state index in [1.807, 2.05) is 48.5 Å². The number of benzene rings is 2. The molecular weight excluding hydrogens is 318 g/mol. The van der Waals surface area contributed by atoms with E-state index in [1.54, 1.807) is 13.3 Å². The average Bonchev–Trinajstić information content (AvgIpc) is 2.97. The highest BCUT2D eigenvalue weighted by atomic mass is 79.9. The third-order valence-corrected chi connectivity index (χ3v) is 3.61. The van der Waals surface area contributed by atoms with Crippen molar-refractivity contribution in [2.45, 2.75) is 0 Å². The zero-order valence-electron chi connectivity index (χ0n) is 10.8. The van der Waals surface area contributed by atoms with E-state index in [-0.39, 0.29) is 0 Å². The Kier molecular flexibility index (Phi) is 3.56. The molecule has 0 saturated heterocycles. The molecule has 0 aliphatic rings. The SMILES string of the molecule is COc1ccc(-c2oncc2-c2ccc(Br)cc2)cc1. The van der Waals surface area contributed by atoms with Gasteiger partial charge in [-0.2, -0.15) is 0 Å². The maximum Gasteiger partial charge on any atom is 0.174 e. The molecule has 0 aliphatic carbocycles. The summed E-state index contributed by atoms with van der Waals surface area (Å²) >= 11 is 3.44. The second-order valence-corrected chi connectivity index (χ2v) is 5.22. The number of ether oxygens (including phenoxy) is 1. The van der Waals surface area contributed by atoms with E-state index < -0.39 is 0 Å². The van der Waals surface area contributed by atoms with E-state index in [2.05, 4.69) is 21.1 Å². The zero-order valence-corrected chi connectivity index (χ0v) is 12.4. The van der Waals surface area contributed by atoms with Crippen molar-refractivity contribution < 1.29 is 9.26 Å². The van der Waals surface area contributed by atoms with Crippen LogP contribution in [0.15, 0.2) is 63.7 Å². The van der Waals surface area contributed by atoms with Crippen LogP contribution in [0.4, 0.5) is 0 Å². The highest BCUT2D eigenvalue weighted by molar-refractivity contribution is 9.10. The lowest BCUT2D eigenvalue weighted by Crippen LogP contribution is -1.83. The fourth-order valence-corrected chi connectivity index (χ4v) is 2.29. The summed E-state index contributed by atoms with van der Waals surface area (Å²) in [5.41, 5.74) is 3.02. The van der Waals surface area contributed by atoms with Gasteiger partial charge in [-0.1, -0.05) is 33.2 Å². The third-order valence-electron chi connectivity index (χ3n) is 3.08. The quantitative estimate of drug-likeness (QED) is 0.693. The van der Waals surface area contributed by atoms with Crippen molar-refractivity contribution in [3.8, 4) is 28.2 Å². The summed E-state index contributed by atoms with van der Waals surface area (Å²) in [6.07, 6.45) is 1.74. The lowest BCUT2D eigenvalue weighted by Gasteiger charge is -2.03. The van der Waals surface area contributed by atoms with Crippen LogP contribution in [0.1, 0.15) is 0 Å². The van der Waals surface area contributed by atoms with Crippen molar-refractivity contribution in [3.05, 3.63) is 59.2 Å². The minimum Gasteiger partial charge on any atom is -0.497 e. The Morgan fingerprint density at radius 3 is 2.25 bits per heavy atom. The first-order chi connectivity index (χ1) is 9.78. The highest BCUT2D eigenvalue weighted by Crippen LogP contribution is 2.33. The molecule has 3 aromatic rings. The molecule has 0 spiro atoms. The van der Waals surface area contributed by atoms with E-state index in [0.717, 1.165) is 32.7 Å². The van der Waals surface area contributed by atoms with Crippen molar-refractivity contribution in [2.75, 3.05) is 7.11 Å². The Hall–Kier alpha value is -2.07. The predicted molar refractivity (Wildman–Crippen MR) is 81.6 cm³/mol. The fourth-order valence-electron chi connectivity index (χ4n) is 2.03. The lowest BCUT2D eigenvalue weighted by molar-refractivity contribution is 0.414. The molecule has 0 atom stereocenters. The van der Waals surface area contributed by atoms with Crippen LogP contribution in [-0.4, -0.2) is 12.3 Å². The molecule has 3 rings (SSSR count). The van der Waals surface area contributed by atoms with Crippen LogP contribution in [0.25, 0.3) is 22.5 Å². The predicted octanol–water partition coefficient (Wildman–Crippen LogP) is 4.78. The Labute approximate surface area is 125 Å². The monoisotopic (exact) mass is 329 g/mol. The van der Waals surface area contributed by atoms with Gasteiger partial charge in [-0.05, 0) is 42.0 Å². The van der Waals surface area contributed by atoms with Crippen LogP contribution in [-0.2, 0) is 0 Å². The first-order valence-corrected chi connectivity index (χ1v) is 6.92. The van der Waals surface area contributed by atoms with Crippen LogP contribution in [0, 0.1) is 0 Å². The maximum absolute atomic E-state index is 5.41. The molecule has 0 unspecified atom stereocenters. The Balaban J connectivity index is 2.02. The highest BCUT2D eigenvalue weighted by Gasteiger charge is 2.12. The van der Waals surface area contributed by atoms with Gasteiger partial charge in [0.1, 0.15) is 5.75 Å². The van der Waals surface area contributed by atoms with Crippen molar-refractivity contribution in [3.63, 3.8) is 0 Å². The number of hydrogen-bond acceptors (Lipinski definition) is 3. The smallest absolute Gasteiger partial charge is 0.174 e. The van der Waals surface area contributed by atoms with Crippen LogP contribution < -0.4 is 4.74 Å². The van der Waals surface area contributed by atoms with Gasteiger partial charge in [0.05, 0.1) is 13.3 Å². The van der Waals surface area contributed by atoms with Gasteiger partial charge in [-0.15, -0.1) is 0 Å². The Morgan fingerprint density at radius 2 is 1.60 bits per heavy atom. The normalized spacial score (nSPS) is 10.5. The molecule has 100 valence electrons. The average molecular weight is 330 g/mol. The number of halogens is 1. The summed E-state index contributed by atoms with van der Waals surface area (Å²) in [5, 5.41) is 3.92. The first kappa shape index (κ1) is 12.9. The molecule has 0 fully saturated rings. The van der Waals surface area contributed by atoms with Crippen LogP contribution in [0.5, 0.6) is 5.75 Å². The number of hydrogen-bond donors (Lipinski definition) is 0. The van der Waals surface area contributed by atoms with E-state index in [4.69, 9.17) is 9.26 Å². The fraction of sp³-hybridized carbons (Fsp3) is 0.0625. The molecule has 2 aromatic carbocycles. The summed E-state index contributed by atoms with van der Waals surface area (Å²) in [6.45, 7) is 0. The summed E-state index contributed by atoms with van der Waals surface area (Å²) in [4.78, 5) is 0. The minimum atomic E-state index is 0.759. The van der Waals surface area contributed by atoms with Crippen LogP contribution in [0.3, 0.4) is 0 Å². The molecule has 20 heavy (non-hydrogen) atoms. The maximum atomic E-state index is 5.41. The van der Waals surface area contributed by atoms with Gasteiger partial charge in [0.2, 0.25) is 0 Å². The van der Waals surface area contributed by atoms with Gasteiger partial charge < -0.3 is 9.26 Å². The van der Waals surface area contributed by atoms with Gasteiger partial charge in [0.15, 0.2) is 5.76 Å². The molecule has 1 heterocycles. The Morgan fingerprint density at radius 1 is 0.950 bits per heavy atom. The van der Waals surface area contributed by atoms with Crippen molar-refractivity contribution >= 4 is 15.9 Å². The minimum absolute atomic E-state index is 0.759. The van der Waals surface area contributed by atoms with E-state index in [9.17, 15) is 0 Å². The molecule has 0 saturated carbocycles. The molecule has 0 amide bonds. The number of aromatic nitrogens is 1. The van der Waals surface area contributed by atoms with Gasteiger partial charge >= 0.3 is 0 Å². The van der Waals surface area contributed by atoms with Gasteiger partial charge in [0.25, 0.3) is 0 Å². The van der Waals surface area contributed by atoms with E-state index >= 15 is 0 Å². The molecule has 0 radical (unpaired) electrons. The van der Waals surface area contributed by atoms with Crippen LogP contribution >= 0.6 is 15.9 Å². The summed E-state index contributed by atoms with van der Waals surface area (Å²) in [5.74, 6) is 1.58. The van der Waals surface area contributed by atoms with Crippen molar-refractivity contribution in [1.82, 2.24) is 5.16 Å². The van der Waals surface area contributed by atoms with Crippen molar-refractivity contribution in [1.29, 1.82) is 0 Å². The molecule has 0 aliphatic heterocycles. The standard InChI is InChI=1S/C16H12BrNO2/c1-19-14-8-4-12(5-9-14)16-15(10-18-20-16)11-2-6-13(17)7-3-11/h2-10H,1H3. The summed E-state index contributed by atoms with van der Waals surface area (Å²) < 4.78 is 11.6. The molecular formula is C16H12BrNO2. The second-order valence-electron chi connectivity index (χ2n) is 4.30. The van der Waals surface area contributed by atoms with E-state index in [0.29, 0.717) is 0 Å². The third kappa shape index (κ3) is 2.47. The molecule has 0 N–H and O–H groups in total. The summed E-state index contributed by atoms with van der Waals surface area (Å²) in [6, 6.07) is 15.8.